The maximum atomic E-state index is 12.2. The van der Waals surface area contributed by atoms with Gasteiger partial charge in [-0.3, -0.25) is 4.79 Å². The summed E-state index contributed by atoms with van der Waals surface area (Å²) in [6, 6.07) is 0. The van der Waals surface area contributed by atoms with Gasteiger partial charge in [0, 0.05) is 31.9 Å². The Morgan fingerprint density at radius 2 is 2.50 bits per heavy atom. The van der Waals surface area contributed by atoms with Crippen LogP contribution in [0.4, 0.5) is 0 Å². The van der Waals surface area contributed by atoms with E-state index in [-0.39, 0.29) is 11.3 Å². The van der Waals surface area contributed by atoms with Crippen LogP contribution in [0.1, 0.15) is 32.0 Å². The second kappa shape index (κ2) is 6.00. The van der Waals surface area contributed by atoms with Crippen molar-refractivity contribution in [2.45, 2.75) is 32.6 Å². The van der Waals surface area contributed by atoms with E-state index in [0.29, 0.717) is 0 Å². The number of nitrogens with zero attached hydrogens (tertiary/aromatic N) is 1. The summed E-state index contributed by atoms with van der Waals surface area (Å²) in [5, 5.41) is 6.34. The van der Waals surface area contributed by atoms with E-state index in [1.165, 1.54) is 0 Å². The molecular weight excluding hydrogens is 228 g/mol. The Balaban J connectivity index is 1.71. The monoisotopic (exact) mass is 250 g/mol. The van der Waals surface area contributed by atoms with Crippen LogP contribution < -0.4 is 10.6 Å². The third-order valence-electron chi connectivity index (χ3n) is 3.83. The SMILES string of the molecule is CCC1(C(=O)NCCCc2ncc[nH]2)CCNC1. The van der Waals surface area contributed by atoms with Gasteiger partial charge >= 0.3 is 0 Å². The average Bonchev–Trinajstić information content (AvgIpc) is 3.05. The Labute approximate surface area is 108 Å². The Morgan fingerprint density at radius 1 is 1.61 bits per heavy atom. The molecule has 3 N–H and O–H groups in total. The van der Waals surface area contributed by atoms with Gasteiger partial charge in [-0.05, 0) is 25.8 Å². The van der Waals surface area contributed by atoms with Crippen molar-refractivity contribution in [2.24, 2.45) is 5.41 Å². The van der Waals surface area contributed by atoms with Crippen LogP contribution in [0.3, 0.4) is 0 Å². The van der Waals surface area contributed by atoms with E-state index < -0.39 is 0 Å². The van der Waals surface area contributed by atoms with E-state index >= 15 is 0 Å². The lowest BCUT2D eigenvalue weighted by Crippen LogP contribution is -2.42. The van der Waals surface area contributed by atoms with Gasteiger partial charge in [-0.1, -0.05) is 6.92 Å². The normalized spacial score (nSPS) is 23.2. The largest absolute Gasteiger partial charge is 0.356 e. The van der Waals surface area contributed by atoms with Crippen LogP contribution in [-0.4, -0.2) is 35.5 Å². The van der Waals surface area contributed by atoms with Crippen molar-refractivity contribution < 1.29 is 4.79 Å². The van der Waals surface area contributed by atoms with E-state index in [1.54, 1.807) is 6.20 Å². The molecule has 18 heavy (non-hydrogen) atoms. The van der Waals surface area contributed by atoms with Crippen molar-refractivity contribution in [1.29, 1.82) is 0 Å². The molecule has 1 unspecified atom stereocenters. The first-order chi connectivity index (χ1) is 8.77. The average molecular weight is 250 g/mol. The zero-order chi connectivity index (χ0) is 12.8. The predicted molar refractivity (Wildman–Crippen MR) is 70.1 cm³/mol. The van der Waals surface area contributed by atoms with Crippen LogP contribution in [0.2, 0.25) is 0 Å². The molecule has 1 aliphatic heterocycles. The highest BCUT2D eigenvalue weighted by molar-refractivity contribution is 5.83. The fourth-order valence-corrected chi connectivity index (χ4v) is 2.48. The molecule has 0 aromatic carbocycles. The lowest BCUT2D eigenvalue weighted by molar-refractivity contribution is -0.130. The molecule has 0 radical (unpaired) electrons. The minimum absolute atomic E-state index is 0.176. The molecule has 1 amide bonds. The Hall–Kier alpha value is -1.36. The second-order valence-electron chi connectivity index (χ2n) is 4.96. The van der Waals surface area contributed by atoms with Gasteiger partial charge in [-0.15, -0.1) is 0 Å². The van der Waals surface area contributed by atoms with E-state index in [9.17, 15) is 4.79 Å². The van der Waals surface area contributed by atoms with Crippen molar-refractivity contribution in [3.8, 4) is 0 Å². The van der Waals surface area contributed by atoms with Gasteiger partial charge in [0.05, 0.1) is 5.41 Å². The van der Waals surface area contributed by atoms with Crippen LogP contribution >= 0.6 is 0 Å². The molecular formula is C13H22N4O. The first-order valence-corrected chi connectivity index (χ1v) is 6.74. The number of aryl methyl sites for hydroxylation is 1. The maximum Gasteiger partial charge on any atom is 0.227 e. The Kier molecular flexibility index (Phi) is 4.36. The molecule has 1 aromatic heterocycles. The van der Waals surface area contributed by atoms with Crippen molar-refractivity contribution in [3.63, 3.8) is 0 Å². The highest BCUT2D eigenvalue weighted by Gasteiger charge is 2.38. The van der Waals surface area contributed by atoms with Gasteiger partial charge in [0.15, 0.2) is 0 Å². The minimum atomic E-state index is -0.176. The van der Waals surface area contributed by atoms with Gasteiger partial charge in [-0.25, -0.2) is 4.98 Å². The fraction of sp³-hybridized carbons (Fsp3) is 0.692. The second-order valence-corrected chi connectivity index (χ2v) is 4.96. The summed E-state index contributed by atoms with van der Waals surface area (Å²) in [5.74, 6) is 1.19. The molecule has 2 heterocycles. The fourth-order valence-electron chi connectivity index (χ4n) is 2.48. The minimum Gasteiger partial charge on any atom is -0.356 e. The lowest BCUT2D eigenvalue weighted by Gasteiger charge is -2.25. The molecule has 0 spiro atoms. The molecule has 0 bridgehead atoms. The van der Waals surface area contributed by atoms with Crippen LogP contribution in [0, 0.1) is 5.41 Å². The standard InChI is InChI=1S/C13H22N4O/c1-2-13(5-7-14-10-13)12(18)17-6-3-4-11-15-8-9-16-11/h8-9,14H,2-7,10H2,1H3,(H,15,16)(H,17,18). The number of nitrogens with one attached hydrogen (secondary N) is 3. The summed E-state index contributed by atoms with van der Waals surface area (Å²) in [6.07, 6.45) is 7.24. The molecule has 2 rings (SSSR count). The highest BCUT2D eigenvalue weighted by Crippen LogP contribution is 2.29. The number of hydrogen-bond donors (Lipinski definition) is 3. The number of aromatic nitrogens is 2. The summed E-state index contributed by atoms with van der Waals surface area (Å²) in [7, 11) is 0. The summed E-state index contributed by atoms with van der Waals surface area (Å²) in [4.78, 5) is 19.4. The molecule has 1 fully saturated rings. The number of hydrogen-bond acceptors (Lipinski definition) is 3. The number of carbonyl (C=O) groups excluding carboxylic acids is 1. The van der Waals surface area contributed by atoms with Gasteiger partial charge in [0.2, 0.25) is 5.91 Å². The first kappa shape index (κ1) is 13.1. The van der Waals surface area contributed by atoms with Crippen molar-refractivity contribution in [3.05, 3.63) is 18.2 Å². The topological polar surface area (TPSA) is 69.8 Å². The predicted octanol–water partition coefficient (Wildman–Crippen LogP) is 0.848. The smallest absolute Gasteiger partial charge is 0.227 e. The van der Waals surface area contributed by atoms with E-state index in [2.05, 4.69) is 27.5 Å². The van der Waals surface area contributed by atoms with Crippen LogP contribution in [-0.2, 0) is 11.2 Å². The molecule has 1 atom stereocenters. The van der Waals surface area contributed by atoms with Gasteiger partial charge < -0.3 is 15.6 Å². The first-order valence-electron chi connectivity index (χ1n) is 6.74. The van der Waals surface area contributed by atoms with Crippen molar-refractivity contribution in [2.75, 3.05) is 19.6 Å². The molecule has 1 saturated heterocycles. The number of amides is 1. The van der Waals surface area contributed by atoms with E-state index in [4.69, 9.17) is 0 Å². The maximum absolute atomic E-state index is 12.2. The number of carbonyl (C=O) groups is 1. The number of H-pyrrole nitrogens is 1. The quantitative estimate of drug-likeness (QED) is 0.656. The van der Waals surface area contributed by atoms with Gasteiger partial charge in [-0.2, -0.15) is 0 Å². The van der Waals surface area contributed by atoms with Crippen LogP contribution in [0.5, 0.6) is 0 Å². The summed E-state index contributed by atoms with van der Waals surface area (Å²) in [5.41, 5.74) is -0.176. The molecule has 5 heteroatoms. The molecule has 0 aliphatic carbocycles. The van der Waals surface area contributed by atoms with Gasteiger partial charge in [0.25, 0.3) is 0 Å². The summed E-state index contributed by atoms with van der Waals surface area (Å²) < 4.78 is 0. The third kappa shape index (κ3) is 2.90. The Bertz CT molecular complexity index is 368. The number of rotatable bonds is 6. The lowest BCUT2D eigenvalue weighted by atomic mass is 9.83. The molecule has 0 saturated carbocycles. The molecule has 1 aromatic rings. The summed E-state index contributed by atoms with van der Waals surface area (Å²) in [6.45, 7) is 4.58. The van der Waals surface area contributed by atoms with Crippen LogP contribution in [0.15, 0.2) is 12.4 Å². The van der Waals surface area contributed by atoms with Crippen LogP contribution in [0.25, 0.3) is 0 Å². The van der Waals surface area contributed by atoms with E-state index in [0.717, 1.165) is 51.1 Å². The summed E-state index contributed by atoms with van der Waals surface area (Å²) >= 11 is 0. The Morgan fingerprint density at radius 3 is 3.11 bits per heavy atom. The zero-order valence-electron chi connectivity index (χ0n) is 11.0. The number of imidazole rings is 1. The van der Waals surface area contributed by atoms with Crippen molar-refractivity contribution in [1.82, 2.24) is 20.6 Å². The van der Waals surface area contributed by atoms with E-state index in [1.807, 2.05) is 6.20 Å². The molecule has 1 aliphatic rings. The highest BCUT2D eigenvalue weighted by atomic mass is 16.2. The zero-order valence-corrected chi connectivity index (χ0v) is 11.0. The van der Waals surface area contributed by atoms with Crippen molar-refractivity contribution >= 4 is 5.91 Å². The third-order valence-corrected chi connectivity index (χ3v) is 3.83. The molecule has 5 nitrogen and oxygen atoms in total. The number of aromatic amines is 1. The van der Waals surface area contributed by atoms with Gasteiger partial charge in [0.1, 0.15) is 5.82 Å². The molecule has 100 valence electrons.